The van der Waals surface area contributed by atoms with Crippen molar-refractivity contribution in [2.75, 3.05) is 37.0 Å². The molecule has 2 heterocycles. The van der Waals surface area contributed by atoms with Gasteiger partial charge in [-0.2, -0.15) is 0 Å². The van der Waals surface area contributed by atoms with E-state index in [9.17, 15) is 9.90 Å². The lowest BCUT2D eigenvalue weighted by Gasteiger charge is -2.24. The largest absolute Gasteiger partial charge is 0.491 e. The van der Waals surface area contributed by atoms with Crippen LogP contribution in [0.25, 0.3) is 11.3 Å². The smallest absolute Gasteiger partial charge is 0.319 e. The Morgan fingerprint density at radius 2 is 2.12 bits per heavy atom. The lowest BCUT2D eigenvalue weighted by atomic mass is 10.1. The van der Waals surface area contributed by atoms with Gasteiger partial charge in [-0.3, -0.25) is 0 Å². The average Bonchev–Trinajstić information content (AvgIpc) is 2.82. The Hall–Kier alpha value is -3.21. The molecule has 1 aromatic heterocycles. The van der Waals surface area contributed by atoms with Gasteiger partial charge in [0.1, 0.15) is 24.3 Å². The molecule has 1 atom stereocenters. The van der Waals surface area contributed by atoms with E-state index in [1.807, 2.05) is 26.0 Å². The van der Waals surface area contributed by atoms with Gasteiger partial charge in [0.05, 0.1) is 16.9 Å². The van der Waals surface area contributed by atoms with E-state index in [1.54, 1.807) is 18.2 Å². The minimum atomic E-state index is -0.749. The number of aromatic nitrogens is 1. The van der Waals surface area contributed by atoms with E-state index in [0.717, 1.165) is 18.4 Å². The number of urea groups is 1. The van der Waals surface area contributed by atoms with E-state index in [1.165, 1.54) is 6.21 Å². The SMILES string of the molecule is CC(C)Nc1nc(-c2cccc(OCC(O)CN)c2)cc(NC(=O)NC2CCOCC2)c1C=N. The molecule has 7 N–H and O–H groups in total. The van der Waals surface area contributed by atoms with Crippen LogP contribution in [0, 0.1) is 5.41 Å². The third-order valence-electron chi connectivity index (χ3n) is 5.28. The highest BCUT2D eigenvalue weighted by molar-refractivity contribution is 6.00. The number of amides is 2. The number of ether oxygens (including phenoxy) is 2. The summed E-state index contributed by atoms with van der Waals surface area (Å²) in [7, 11) is 0. The van der Waals surface area contributed by atoms with E-state index >= 15 is 0 Å². The van der Waals surface area contributed by atoms with Gasteiger partial charge in [0.25, 0.3) is 0 Å². The number of carbonyl (C=O) groups is 1. The summed E-state index contributed by atoms with van der Waals surface area (Å²) < 4.78 is 11.0. The molecule has 1 fully saturated rings. The zero-order valence-corrected chi connectivity index (χ0v) is 19.6. The van der Waals surface area contributed by atoms with Crippen LogP contribution in [-0.2, 0) is 4.74 Å². The number of pyridine rings is 1. The molecule has 0 saturated carbocycles. The van der Waals surface area contributed by atoms with Crippen LogP contribution < -0.4 is 26.4 Å². The molecule has 0 spiro atoms. The number of benzene rings is 1. The number of hydrogen-bond acceptors (Lipinski definition) is 8. The molecule has 2 aromatic rings. The highest BCUT2D eigenvalue weighted by Crippen LogP contribution is 2.30. The highest BCUT2D eigenvalue weighted by atomic mass is 16.5. The van der Waals surface area contributed by atoms with Crippen LogP contribution in [0.4, 0.5) is 16.3 Å². The van der Waals surface area contributed by atoms with Gasteiger partial charge in [0.15, 0.2) is 0 Å². The van der Waals surface area contributed by atoms with Crippen LogP contribution in [0.1, 0.15) is 32.3 Å². The maximum Gasteiger partial charge on any atom is 0.319 e. The monoisotopic (exact) mass is 470 g/mol. The number of carbonyl (C=O) groups excluding carboxylic acids is 1. The van der Waals surface area contributed by atoms with Crippen LogP contribution in [0.5, 0.6) is 5.75 Å². The zero-order chi connectivity index (χ0) is 24.5. The summed E-state index contributed by atoms with van der Waals surface area (Å²) in [5.41, 5.74) is 7.76. The summed E-state index contributed by atoms with van der Waals surface area (Å²) in [6.45, 7) is 5.40. The number of anilines is 2. The van der Waals surface area contributed by atoms with Gasteiger partial charge < -0.3 is 41.7 Å². The Labute approximate surface area is 199 Å². The quantitative estimate of drug-likeness (QED) is 0.292. The number of aliphatic hydroxyl groups excluding tert-OH is 1. The first-order chi connectivity index (χ1) is 16.4. The topological polar surface area (TPSA) is 155 Å². The molecule has 1 saturated heterocycles. The second-order valence-electron chi connectivity index (χ2n) is 8.47. The first-order valence-corrected chi connectivity index (χ1v) is 11.5. The van der Waals surface area contributed by atoms with Crippen molar-refractivity contribution in [3.05, 3.63) is 35.9 Å². The predicted molar refractivity (Wildman–Crippen MR) is 133 cm³/mol. The van der Waals surface area contributed by atoms with Crippen molar-refractivity contribution in [3.8, 4) is 17.0 Å². The molecule has 1 aliphatic rings. The van der Waals surface area contributed by atoms with Crippen LogP contribution in [0.3, 0.4) is 0 Å². The minimum Gasteiger partial charge on any atom is -0.491 e. The Kier molecular flexibility index (Phi) is 9.20. The number of nitrogens with two attached hydrogens (primary N) is 1. The number of aliphatic hydroxyl groups is 1. The number of rotatable bonds is 10. The van der Waals surface area contributed by atoms with E-state index < -0.39 is 6.10 Å². The first-order valence-electron chi connectivity index (χ1n) is 11.5. The van der Waals surface area contributed by atoms with Crippen molar-refractivity contribution < 1.29 is 19.4 Å². The van der Waals surface area contributed by atoms with Crippen molar-refractivity contribution in [2.24, 2.45) is 5.73 Å². The van der Waals surface area contributed by atoms with Crippen LogP contribution in [0.15, 0.2) is 30.3 Å². The Bertz CT molecular complexity index is 978. The molecular formula is C24H34N6O4. The minimum absolute atomic E-state index is 0.0458. The lowest BCUT2D eigenvalue weighted by molar-refractivity contribution is 0.0806. The number of nitrogens with one attached hydrogen (secondary N) is 4. The Morgan fingerprint density at radius 3 is 2.79 bits per heavy atom. The van der Waals surface area contributed by atoms with Gasteiger partial charge in [0.2, 0.25) is 0 Å². The average molecular weight is 471 g/mol. The molecule has 0 bridgehead atoms. The molecule has 2 amide bonds. The third-order valence-corrected chi connectivity index (χ3v) is 5.28. The zero-order valence-electron chi connectivity index (χ0n) is 19.6. The summed E-state index contributed by atoms with van der Waals surface area (Å²) in [6.07, 6.45) is 1.95. The van der Waals surface area contributed by atoms with Crippen molar-refractivity contribution in [1.82, 2.24) is 10.3 Å². The molecular weight excluding hydrogens is 436 g/mol. The van der Waals surface area contributed by atoms with Gasteiger partial charge in [-0.15, -0.1) is 0 Å². The van der Waals surface area contributed by atoms with Gasteiger partial charge in [-0.1, -0.05) is 12.1 Å². The van der Waals surface area contributed by atoms with E-state index in [0.29, 0.717) is 41.7 Å². The van der Waals surface area contributed by atoms with Crippen LogP contribution in [0.2, 0.25) is 0 Å². The normalized spacial score (nSPS) is 15.0. The highest BCUT2D eigenvalue weighted by Gasteiger charge is 2.19. The third kappa shape index (κ3) is 7.14. The Balaban J connectivity index is 1.90. The Morgan fingerprint density at radius 1 is 1.35 bits per heavy atom. The molecule has 34 heavy (non-hydrogen) atoms. The van der Waals surface area contributed by atoms with Crippen LogP contribution in [-0.4, -0.2) is 66.9 Å². The molecule has 184 valence electrons. The summed E-state index contributed by atoms with van der Waals surface area (Å²) in [5, 5.41) is 26.8. The molecule has 0 radical (unpaired) electrons. The molecule has 10 heteroatoms. The molecule has 0 aliphatic carbocycles. The number of hydrogen-bond donors (Lipinski definition) is 6. The molecule has 3 rings (SSSR count). The van der Waals surface area contributed by atoms with E-state index in [2.05, 4.69) is 16.0 Å². The van der Waals surface area contributed by atoms with Crippen molar-refractivity contribution >= 4 is 23.8 Å². The van der Waals surface area contributed by atoms with Gasteiger partial charge in [0, 0.05) is 43.6 Å². The summed E-state index contributed by atoms with van der Waals surface area (Å²) >= 11 is 0. The summed E-state index contributed by atoms with van der Waals surface area (Å²) in [6, 6.07) is 8.81. The van der Waals surface area contributed by atoms with Gasteiger partial charge in [-0.05, 0) is 44.9 Å². The van der Waals surface area contributed by atoms with Gasteiger partial charge >= 0.3 is 6.03 Å². The number of nitrogens with zero attached hydrogens (tertiary/aromatic N) is 1. The summed E-state index contributed by atoms with van der Waals surface area (Å²) in [4.78, 5) is 17.4. The fraction of sp³-hybridized carbons (Fsp3) is 0.458. The fourth-order valence-corrected chi connectivity index (χ4v) is 3.53. The fourth-order valence-electron chi connectivity index (χ4n) is 3.53. The van der Waals surface area contributed by atoms with Crippen molar-refractivity contribution in [1.29, 1.82) is 5.41 Å². The van der Waals surface area contributed by atoms with Crippen molar-refractivity contribution in [2.45, 2.75) is 44.9 Å². The van der Waals surface area contributed by atoms with E-state index in [-0.39, 0.29) is 31.3 Å². The maximum absolute atomic E-state index is 12.7. The molecule has 1 unspecified atom stereocenters. The predicted octanol–water partition coefficient (Wildman–Crippen LogP) is 2.57. The maximum atomic E-state index is 12.7. The van der Waals surface area contributed by atoms with Crippen molar-refractivity contribution in [3.63, 3.8) is 0 Å². The summed E-state index contributed by atoms with van der Waals surface area (Å²) in [5.74, 6) is 1.06. The first kappa shape index (κ1) is 25.4. The lowest BCUT2D eigenvalue weighted by Crippen LogP contribution is -2.41. The molecule has 1 aliphatic heterocycles. The standard InChI is InChI=1S/C24H34N6O4/c1-15(2)27-23-20(13-26)22(30-24(32)28-17-6-8-33-9-7-17)11-21(29-23)16-4-3-5-19(10-16)34-14-18(31)12-25/h3-5,10-11,13,15,17-18,26,31H,6-9,12,14,25H2,1-2H3,(H3,27,28,29,30,32). The van der Waals surface area contributed by atoms with Gasteiger partial charge in [-0.25, -0.2) is 9.78 Å². The van der Waals surface area contributed by atoms with Crippen LogP contribution >= 0.6 is 0 Å². The molecule has 10 nitrogen and oxygen atoms in total. The molecule has 1 aromatic carbocycles. The van der Waals surface area contributed by atoms with E-state index in [4.69, 9.17) is 25.6 Å². The second kappa shape index (κ2) is 12.3. The second-order valence-corrected chi connectivity index (χ2v) is 8.47.